The van der Waals surface area contributed by atoms with Gasteiger partial charge in [-0.2, -0.15) is 5.26 Å². The fourth-order valence-corrected chi connectivity index (χ4v) is 2.41. The second kappa shape index (κ2) is 5.81. The highest BCUT2D eigenvalue weighted by Gasteiger charge is 1.95. The largest absolute Gasteiger partial charge is 0.222 e. The molecule has 1 aromatic carbocycles. The number of halogens is 1. The smallest absolute Gasteiger partial charge is 0.155 e. The molecule has 17 heavy (non-hydrogen) atoms. The SMILES string of the molecule is N#CCc1cccc(C#Cc2csc(I)n2)c1. The molecule has 0 aliphatic rings. The molecule has 0 aliphatic heterocycles. The van der Waals surface area contributed by atoms with E-state index in [2.05, 4.69) is 45.5 Å². The summed E-state index contributed by atoms with van der Waals surface area (Å²) in [6, 6.07) is 9.85. The Kier molecular flexibility index (Phi) is 4.13. The molecule has 0 atom stereocenters. The molecule has 0 saturated carbocycles. The maximum Gasteiger partial charge on any atom is 0.155 e. The van der Waals surface area contributed by atoms with Crippen LogP contribution in [0.5, 0.6) is 0 Å². The first-order valence-electron chi connectivity index (χ1n) is 4.87. The summed E-state index contributed by atoms with van der Waals surface area (Å²) >= 11 is 3.76. The Morgan fingerprint density at radius 1 is 1.35 bits per heavy atom. The number of aromatic nitrogens is 1. The van der Waals surface area contributed by atoms with Gasteiger partial charge in [-0.25, -0.2) is 4.98 Å². The van der Waals surface area contributed by atoms with E-state index in [1.807, 2.05) is 29.6 Å². The van der Waals surface area contributed by atoms with Crippen molar-refractivity contribution in [3.05, 3.63) is 49.5 Å². The molecule has 0 bridgehead atoms. The van der Waals surface area contributed by atoms with Crippen LogP contribution in [-0.2, 0) is 6.42 Å². The van der Waals surface area contributed by atoms with Gasteiger partial charge in [0.15, 0.2) is 3.01 Å². The minimum Gasteiger partial charge on any atom is -0.222 e. The molecule has 1 aromatic heterocycles. The molecule has 0 amide bonds. The van der Waals surface area contributed by atoms with Crippen molar-refractivity contribution in [1.82, 2.24) is 4.98 Å². The Morgan fingerprint density at radius 3 is 2.94 bits per heavy atom. The van der Waals surface area contributed by atoms with Gasteiger partial charge < -0.3 is 0 Å². The van der Waals surface area contributed by atoms with Gasteiger partial charge in [-0.3, -0.25) is 0 Å². The van der Waals surface area contributed by atoms with E-state index in [1.54, 1.807) is 11.3 Å². The van der Waals surface area contributed by atoms with Crippen LogP contribution in [-0.4, -0.2) is 4.98 Å². The van der Waals surface area contributed by atoms with Gasteiger partial charge in [-0.05, 0) is 46.2 Å². The summed E-state index contributed by atoms with van der Waals surface area (Å²) in [7, 11) is 0. The van der Waals surface area contributed by atoms with Gasteiger partial charge in [0.2, 0.25) is 0 Å². The minimum absolute atomic E-state index is 0.421. The number of nitrogens with zero attached hydrogens (tertiary/aromatic N) is 2. The fraction of sp³-hybridized carbons (Fsp3) is 0.0769. The van der Waals surface area contributed by atoms with Gasteiger partial charge in [-0.1, -0.05) is 18.1 Å². The van der Waals surface area contributed by atoms with Crippen molar-refractivity contribution >= 4 is 33.9 Å². The molecule has 1 heterocycles. The van der Waals surface area contributed by atoms with Gasteiger partial charge in [0.25, 0.3) is 0 Å². The Morgan fingerprint density at radius 2 is 2.24 bits per heavy atom. The van der Waals surface area contributed by atoms with E-state index in [1.165, 1.54) is 0 Å². The molecule has 0 N–H and O–H groups in total. The van der Waals surface area contributed by atoms with Gasteiger partial charge in [0.05, 0.1) is 12.5 Å². The van der Waals surface area contributed by atoms with Crippen LogP contribution in [0.4, 0.5) is 0 Å². The number of hydrogen-bond acceptors (Lipinski definition) is 3. The van der Waals surface area contributed by atoms with E-state index < -0.39 is 0 Å². The second-order valence-corrected chi connectivity index (χ2v) is 5.88. The average molecular weight is 350 g/mol. The highest BCUT2D eigenvalue weighted by molar-refractivity contribution is 14.1. The van der Waals surface area contributed by atoms with Crippen molar-refractivity contribution in [1.29, 1.82) is 5.26 Å². The zero-order chi connectivity index (χ0) is 12.1. The average Bonchev–Trinajstić information content (AvgIpc) is 2.74. The van der Waals surface area contributed by atoms with Crippen LogP contribution in [0.3, 0.4) is 0 Å². The van der Waals surface area contributed by atoms with E-state index in [4.69, 9.17) is 5.26 Å². The van der Waals surface area contributed by atoms with Crippen molar-refractivity contribution in [2.75, 3.05) is 0 Å². The number of rotatable bonds is 1. The first-order chi connectivity index (χ1) is 8.28. The molecule has 0 aliphatic carbocycles. The summed E-state index contributed by atoms with van der Waals surface area (Å²) < 4.78 is 0.991. The van der Waals surface area contributed by atoms with E-state index in [0.29, 0.717) is 6.42 Å². The molecule has 2 aromatic rings. The lowest BCUT2D eigenvalue weighted by Crippen LogP contribution is -1.83. The van der Waals surface area contributed by atoms with Gasteiger partial charge in [0.1, 0.15) is 5.69 Å². The highest BCUT2D eigenvalue weighted by atomic mass is 127. The normalized spacial score (nSPS) is 9.18. The molecule has 2 rings (SSSR count). The topological polar surface area (TPSA) is 36.7 Å². The van der Waals surface area contributed by atoms with Gasteiger partial charge in [0, 0.05) is 10.9 Å². The van der Waals surface area contributed by atoms with Crippen molar-refractivity contribution in [3.63, 3.8) is 0 Å². The third kappa shape index (κ3) is 3.55. The summed E-state index contributed by atoms with van der Waals surface area (Å²) in [4.78, 5) is 4.26. The molecule has 0 spiro atoms. The Bertz CT molecular complexity index is 629. The minimum atomic E-state index is 0.421. The number of nitriles is 1. The quantitative estimate of drug-likeness (QED) is 0.585. The Labute approximate surface area is 117 Å². The van der Waals surface area contributed by atoms with Crippen molar-refractivity contribution in [2.24, 2.45) is 0 Å². The molecule has 82 valence electrons. The molecule has 0 radical (unpaired) electrons. The van der Waals surface area contributed by atoms with Crippen LogP contribution in [0.1, 0.15) is 16.8 Å². The molecule has 0 unspecified atom stereocenters. The van der Waals surface area contributed by atoms with Crippen LogP contribution in [0.2, 0.25) is 0 Å². The lowest BCUT2D eigenvalue weighted by Gasteiger charge is -1.94. The van der Waals surface area contributed by atoms with Crippen molar-refractivity contribution < 1.29 is 0 Å². The monoisotopic (exact) mass is 350 g/mol. The first-order valence-corrected chi connectivity index (χ1v) is 6.83. The van der Waals surface area contributed by atoms with Gasteiger partial charge in [-0.15, -0.1) is 11.3 Å². The van der Waals surface area contributed by atoms with E-state index in [-0.39, 0.29) is 0 Å². The Hall–Kier alpha value is -1.37. The zero-order valence-electron chi connectivity index (χ0n) is 8.77. The number of hydrogen-bond donors (Lipinski definition) is 0. The zero-order valence-corrected chi connectivity index (χ0v) is 11.7. The van der Waals surface area contributed by atoms with E-state index >= 15 is 0 Å². The maximum absolute atomic E-state index is 8.63. The van der Waals surface area contributed by atoms with Crippen LogP contribution >= 0.6 is 33.9 Å². The molecule has 0 saturated heterocycles. The summed E-state index contributed by atoms with van der Waals surface area (Å²) in [6.07, 6.45) is 0.421. The lowest BCUT2D eigenvalue weighted by molar-refractivity contribution is 1.26. The van der Waals surface area contributed by atoms with Crippen LogP contribution < -0.4 is 0 Å². The van der Waals surface area contributed by atoms with Gasteiger partial charge >= 0.3 is 0 Å². The predicted octanol–water partition coefficient (Wildman–Crippen LogP) is 3.21. The summed E-state index contributed by atoms with van der Waals surface area (Å²) in [5, 5.41) is 10.6. The summed E-state index contributed by atoms with van der Waals surface area (Å²) in [5.41, 5.74) is 2.71. The number of benzene rings is 1. The van der Waals surface area contributed by atoms with Crippen LogP contribution in [0.15, 0.2) is 29.6 Å². The standard InChI is InChI=1S/C13H7IN2S/c14-13-16-12(9-17-13)5-4-10-2-1-3-11(8-10)6-7-15/h1-3,8-9H,6H2. The van der Waals surface area contributed by atoms with Crippen LogP contribution in [0.25, 0.3) is 0 Å². The third-order valence-corrected chi connectivity index (χ3v) is 3.65. The number of thiazole rings is 1. The molecule has 0 fully saturated rings. The molecular formula is C13H7IN2S. The lowest BCUT2D eigenvalue weighted by atomic mass is 10.1. The summed E-state index contributed by atoms with van der Waals surface area (Å²) in [5.74, 6) is 6.07. The first kappa shape index (κ1) is 12.1. The third-order valence-electron chi connectivity index (χ3n) is 2.02. The summed E-state index contributed by atoms with van der Waals surface area (Å²) in [6.45, 7) is 0. The maximum atomic E-state index is 8.63. The highest BCUT2D eigenvalue weighted by Crippen LogP contribution is 2.11. The van der Waals surface area contributed by atoms with Crippen LogP contribution in [0, 0.1) is 26.2 Å². The fourth-order valence-electron chi connectivity index (χ4n) is 1.30. The molecule has 4 heteroatoms. The second-order valence-electron chi connectivity index (χ2n) is 3.27. The predicted molar refractivity (Wildman–Crippen MR) is 76.6 cm³/mol. The van der Waals surface area contributed by atoms with Crippen molar-refractivity contribution in [3.8, 4) is 17.9 Å². The molecular weight excluding hydrogens is 343 g/mol. The van der Waals surface area contributed by atoms with E-state index in [9.17, 15) is 0 Å². The molecule has 2 nitrogen and oxygen atoms in total. The van der Waals surface area contributed by atoms with Crippen molar-refractivity contribution in [2.45, 2.75) is 6.42 Å². The Balaban J connectivity index is 2.22. The van der Waals surface area contributed by atoms with E-state index in [0.717, 1.165) is 19.8 Å².